The van der Waals surface area contributed by atoms with Crippen LogP contribution in [0.3, 0.4) is 0 Å². The van der Waals surface area contributed by atoms with Crippen LogP contribution in [0.4, 0.5) is 0 Å². The Labute approximate surface area is 86.2 Å². The third kappa shape index (κ3) is 2.27. The first-order chi connectivity index (χ1) is 6.85. The molecule has 2 heterocycles. The molecule has 2 fully saturated rings. The Balaban J connectivity index is 1.86. The predicted octanol–water partition coefficient (Wildman–Crippen LogP) is 1.32. The smallest absolute Gasteiger partial charge is 0.0649 e. The van der Waals surface area contributed by atoms with Gasteiger partial charge in [-0.3, -0.25) is 0 Å². The molecule has 1 unspecified atom stereocenters. The summed E-state index contributed by atoms with van der Waals surface area (Å²) in [6, 6.07) is 0.644. The summed E-state index contributed by atoms with van der Waals surface area (Å²) in [5.74, 6) is 0. The molecule has 1 atom stereocenters. The second-order valence-corrected chi connectivity index (χ2v) is 4.47. The Morgan fingerprint density at radius 1 is 1.21 bits per heavy atom. The Kier molecular flexibility index (Phi) is 3.42. The first kappa shape index (κ1) is 10.4. The molecule has 14 heavy (non-hydrogen) atoms. The van der Waals surface area contributed by atoms with E-state index in [-0.39, 0.29) is 5.54 Å². The van der Waals surface area contributed by atoms with Gasteiger partial charge in [0.1, 0.15) is 0 Å². The number of rotatable bonds is 3. The number of hydrogen-bond donors (Lipinski definition) is 1. The Morgan fingerprint density at radius 3 is 2.57 bits per heavy atom. The van der Waals surface area contributed by atoms with Gasteiger partial charge in [0.2, 0.25) is 0 Å². The zero-order valence-corrected chi connectivity index (χ0v) is 9.05. The van der Waals surface area contributed by atoms with Crippen LogP contribution in [0.2, 0.25) is 0 Å². The van der Waals surface area contributed by atoms with Crippen molar-refractivity contribution in [3.63, 3.8) is 0 Å². The number of nitrogens with one attached hydrogen (secondary N) is 1. The largest absolute Gasteiger partial charge is 0.381 e. The van der Waals surface area contributed by atoms with Gasteiger partial charge >= 0.3 is 0 Å². The average molecular weight is 199 g/mol. The predicted molar refractivity (Wildman–Crippen MR) is 55.4 cm³/mol. The minimum Gasteiger partial charge on any atom is -0.381 e. The van der Waals surface area contributed by atoms with Gasteiger partial charge in [-0.2, -0.15) is 0 Å². The van der Waals surface area contributed by atoms with Gasteiger partial charge in [0.15, 0.2) is 0 Å². The highest BCUT2D eigenvalue weighted by atomic mass is 16.5. The van der Waals surface area contributed by atoms with Gasteiger partial charge in [-0.1, -0.05) is 6.92 Å². The number of ether oxygens (including phenoxy) is 2. The Bertz CT molecular complexity index is 172. The van der Waals surface area contributed by atoms with Crippen molar-refractivity contribution in [3.8, 4) is 0 Å². The highest BCUT2D eigenvalue weighted by Crippen LogP contribution is 2.24. The fourth-order valence-electron chi connectivity index (χ4n) is 2.38. The van der Waals surface area contributed by atoms with Crippen molar-refractivity contribution >= 4 is 0 Å². The summed E-state index contributed by atoms with van der Waals surface area (Å²) in [6.45, 7) is 5.89. The van der Waals surface area contributed by atoms with Crippen LogP contribution in [0.15, 0.2) is 0 Å². The molecule has 0 aromatic carbocycles. The van der Waals surface area contributed by atoms with E-state index < -0.39 is 0 Å². The molecule has 1 N–H and O–H groups in total. The van der Waals surface area contributed by atoms with Crippen LogP contribution in [0.25, 0.3) is 0 Å². The fraction of sp³-hybridized carbons (Fsp3) is 1.00. The van der Waals surface area contributed by atoms with Crippen molar-refractivity contribution in [2.45, 2.75) is 44.2 Å². The maximum absolute atomic E-state index is 5.50. The van der Waals surface area contributed by atoms with E-state index in [1.54, 1.807) is 0 Å². The highest BCUT2D eigenvalue weighted by molar-refractivity contribution is 4.93. The van der Waals surface area contributed by atoms with Crippen molar-refractivity contribution < 1.29 is 9.47 Å². The quantitative estimate of drug-likeness (QED) is 0.743. The normalized spacial score (nSPS) is 34.9. The van der Waals surface area contributed by atoms with Crippen molar-refractivity contribution in [2.24, 2.45) is 0 Å². The zero-order valence-electron chi connectivity index (χ0n) is 9.05. The summed E-state index contributed by atoms with van der Waals surface area (Å²) < 4.78 is 10.9. The standard InChI is InChI=1S/C11H21NO2/c1-2-11(5-8-14-9-11)12-10-3-6-13-7-4-10/h10,12H,2-9H2,1H3. The summed E-state index contributed by atoms with van der Waals surface area (Å²) in [5, 5.41) is 3.78. The van der Waals surface area contributed by atoms with Gasteiger partial charge in [0.05, 0.1) is 6.61 Å². The lowest BCUT2D eigenvalue weighted by Gasteiger charge is -2.34. The van der Waals surface area contributed by atoms with Gasteiger partial charge in [-0.25, -0.2) is 0 Å². The summed E-state index contributed by atoms with van der Waals surface area (Å²) >= 11 is 0. The van der Waals surface area contributed by atoms with Crippen molar-refractivity contribution in [1.29, 1.82) is 0 Å². The molecular weight excluding hydrogens is 178 g/mol. The van der Waals surface area contributed by atoms with Crippen LogP contribution in [0, 0.1) is 0 Å². The highest BCUT2D eigenvalue weighted by Gasteiger charge is 2.35. The number of hydrogen-bond acceptors (Lipinski definition) is 3. The molecule has 3 heteroatoms. The summed E-state index contributed by atoms with van der Waals surface area (Å²) in [5.41, 5.74) is 0.266. The van der Waals surface area contributed by atoms with Crippen LogP contribution < -0.4 is 5.32 Å². The SMILES string of the molecule is CCC1(NC2CCOCC2)CCOC1. The van der Waals surface area contributed by atoms with Crippen LogP contribution in [0.5, 0.6) is 0 Å². The van der Waals surface area contributed by atoms with Crippen LogP contribution in [0.1, 0.15) is 32.6 Å². The topological polar surface area (TPSA) is 30.5 Å². The third-order valence-corrected chi connectivity index (χ3v) is 3.51. The third-order valence-electron chi connectivity index (χ3n) is 3.51. The second-order valence-electron chi connectivity index (χ2n) is 4.47. The molecule has 0 spiro atoms. The molecule has 3 nitrogen and oxygen atoms in total. The molecule has 0 radical (unpaired) electrons. The van der Waals surface area contributed by atoms with E-state index in [4.69, 9.17) is 9.47 Å². The Morgan fingerprint density at radius 2 is 2.00 bits per heavy atom. The maximum Gasteiger partial charge on any atom is 0.0649 e. The van der Waals surface area contributed by atoms with E-state index in [1.165, 1.54) is 12.8 Å². The van der Waals surface area contributed by atoms with Gasteiger partial charge in [0.25, 0.3) is 0 Å². The fourth-order valence-corrected chi connectivity index (χ4v) is 2.38. The van der Waals surface area contributed by atoms with Crippen molar-refractivity contribution in [1.82, 2.24) is 5.32 Å². The van der Waals surface area contributed by atoms with Gasteiger partial charge in [-0.05, 0) is 25.7 Å². The minimum atomic E-state index is 0.266. The molecule has 0 aromatic rings. The zero-order chi connectivity index (χ0) is 9.86. The van der Waals surface area contributed by atoms with Crippen LogP contribution in [-0.4, -0.2) is 38.0 Å². The molecule has 0 bridgehead atoms. The average Bonchev–Trinajstić information content (AvgIpc) is 2.69. The van der Waals surface area contributed by atoms with Crippen LogP contribution in [-0.2, 0) is 9.47 Å². The minimum absolute atomic E-state index is 0.266. The molecular formula is C11H21NO2. The van der Waals surface area contributed by atoms with Gasteiger partial charge in [-0.15, -0.1) is 0 Å². The Hall–Kier alpha value is -0.120. The molecule has 82 valence electrons. The molecule has 0 amide bonds. The lowest BCUT2D eigenvalue weighted by atomic mass is 9.92. The molecule has 2 rings (SSSR count). The molecule has 0 aromatic heterocycles. The molecule has 0 aliphatic carbocycles. The monoisotopic (exact) mass is 199 g/mol. The van der Waals surface area contributed by atoms with Crippen molar-refractivity contribution in [2.75, 3.05) is 26.4 Å². The summed E-state index contributed by atoms with van der Waals surface area (Å²) in [7, 11) is 0. The van der Waals surface area contributed by atoms with Gasteiger partial charge < -0.3 is 14.8 Å². The molecule has 2 aliphatic rings. The summed E-state index contributed by atoms with van der Waals surface area (Å²) in [4.78, 5) is 0. The maximum atomic E-state index is 5.50. The first-order valence-electron chi connectivity index (χ1n) is 5.78. The van der Waals surface area contributed by atoms with Gasteiger partial charge in [0, 0.05) is 31.4 Å². The second kappa shape index (κ2) is 4.60. The van der Waals surface area contributed by atoms with Crippen molar-refractivity contribution in [3.05, 3.63) is 0 Å². The molecule has 2 saturated heterocycles. The van der Waals surface area contributed by atoms with E-state index >= 15 is 0 Å². The molecule has 0 saturated carbocycles. The molecule has 2 aliphatic heterocycles. The summed E-state index contributed by atoms with van der Waals surface area (Å²) in [6.07, 6.45) is 4.65. The van der Waals surface area contributed by atoms with E-state index in [1.807, 2.05) is 0 Å². The van der Waals surface area contributed by atoms with E-state index in [9.17, 15) is 0 Å². The van der Waals surface area contributed by atoms with E-state index in [0.29, 0.717) is 6.04 Å². The van der Waals surface area contributed by atoms with Crippen LogP contribution >= 0.6 is 0 Å². The van der Waals surface area contributed by atoms with E-state index in [0.717, 1.165) is 39.3 Å². The lowest BCUT2D eigenvalue weighted by Crippen LogP contribution is -2.52. The lowest BCUT2D eigenvalue weighted by molar-refractivity contribution is 0.0640. The first-order valence-corrected chi connectivity index (χ1v) is 5.78. The van der Waals surface area contributed by atoms with E-state index in [2.05, 4.69) is 12.2 Å².